The number of anilines is 2. The van der Waals surface area contributed by atoms with Gasteiger partial charge in [-0.1, -0.05) is 232 Å². The van der Waals surface area contributed by atoms with Gasteiger partial charge >= 0.3 is 0 Å². The lowest BCUT2D eigenvalue weighted by Crippen LogP contribution is -2.32. The molecule has 5 aliphatic carbocycles. The van der Waals surface area contributed by atoms with Gasteiger partial charge in [-0.3, -0.25) is 0 Å². The molecule has 72 heavy (non-hydrogen) atoms. The molecule has 1 spiro atoms. The van der Waals surface area contributed by atoms with Crippen molar-refractivity contribution in [1.82, 2.24) is 0 Å². The van der Waals surface area contributed by atoms with Crippen LogP contribution in [-0.2, 0) is 10.8 Å². The molecule has 2 heteroatoms. The molecule has 0 saturated carbocycles. The summed E-state index contributed by atoms with van der Waals surface area (Å²) in [5.41, 5.74) is 23.1. The van der Waals surface area contributed by atoms with Gasteiger partial charge in [0, 0.05) is 37.1 Å². The van der Waals surface area contributed by atoms with E-state index in [9.17, 15) is 0 Å². The summed E-state index contributed by atoms with van der Waals surface area (Å²) in [6.07, 6.45) is 15.3. The Morgan fingerprint density at radius 3 is 1.83 bits per heavy atom. The van der Waals surface area contributed by atoms with Gasteiger partial charge < -0.3 is 4.90 Å². The van der Waals surface area contributed by atoms with E-state index in [1.54, 1.807) is 0 Å². The lowest BCUT2D eigenvalue weighted by atomic mass is 9.67. The minimum atomic E-state index is -0.512. The van der Waals surface area contributed by atoms with Crippen LogP contribution < -0.4 is 4.90 Å². The molecule has 0 aliphatic heterocycles. The van der Waals surface area contributed by atoms with Gasteiger partial charge in [0.1, 0.15) is 0 Å². The van der Waals surface area contributed by atoms with Crippen molar-refractivity contribution in [1.29, 1.82) is 0 Å². The normalized spacial score (nSPS) is 18.2. The first-order chi connectivity index (χ1) is 35.7. The predicted octanol–water partition coefficient (Wildman–Crippen LogP) is 18.4. The molecule has 0 bridgehead atoms. The van der Waals surface area contributed by atoms with E-state index in [2.05, 4.69) is 248 Å². The highest BCUT2D eigenvalue weighted by Gasteiger charge is 2.53. The molecule has 1 heterocycles. The third-order valence-electron chi connectivity index (χ3n) is 16.4. The van der Waals surface area contributed by atoms with Gasteiger partial charge in [-0.05, 0) is 127 Å². The van der Waals surface area contributed by atoms with Crippen molar-refractivity contribution in [3.63, 3.8) is 0 Å². The number of hydrogen-bond acceptors (Lipinski definition) is 2. The number of benzene rings is 9. The second-order valence-corrected chi connectivity index (χ2v) is 20.7. The molecular weight excluding hydrogens is 887 g/mol. The van der Waals surface area contributed by atoms with Gasteiger partial charge in [-0.25, -0.2) is 0 Å². The largest absolute Gasteiger partial charge is 0.334 e. The number of thiophene rings is 1. The fourth-order valence-corrected chi connectivity index (χ4v) is 14.9. The molecule has 5 aliphatic rings. The number of fused-ring (bicyclic) bond motifs is 15. The maximum Gasteiger partial charge on any atom is 0.0722 e. The fourth-order valence-electron chi connectivity index (χ4n) is 13.7. The molecule has 344 valence electrons. The van der Waals surface area contributed by atoms with Gasteiger partial charge in [0.25, 0.3) is 0 Å². The average Bonchev–Trinajstić information content (AvgIpc) is 4.18. The number of hydrogen-bond donors (Lipinski definition) is 0. The Morgan fingerprint density at radius 1 is 0.486 bits per heavy atom. The summed E-state index contributed by atoms with van der Waals surface area (Å²) < 4.78 is 2.69. The molecule has 0 amide bonds. The Balaban J connectivity index is 0.00000238. The average molecular weight is 940 g/mol. The van der Waals surface area contributed by atoms with Gasteiger partial charge in [0.15, 0.2) is 0 Å². The summed E-state index contributed by atoms with van der Waals surface area (Å²) in [4.78, 5) is 2.70. The van der Waals surface area contributed by atoms with Crippen LogP contribution in [0.5, 0.6) is 0 Å². The molecule has 2 atom stereocenters. The van der Waals surface area contributed by atoms with Crippen LogP contribution in [-0.4, -0.2) is 6.04 Å². The van der Waals surface area contributed by atoms with Crippen molar-refractivity contribution in [3.8, 4) is 22.3 Å². The van der Waals surface area contributed by atoms with Crippen LogP contribution in [0.3, 0.4) is 0 Å². The first-order valence-corrected chi connectivity index (χ1v) is 26.7. The van der Waals surface area contributed by atoms with Crippen molar-refractivity contribution < 1.29 is 0 Å². The zero-order valence-corrected chi connectivity index (χ0v) is 41.5. The van der Waals surface area contributed by atoms with Crippen LogP contribution in [0.15, 0.2) is 248 Å². The van der Waals surface area contributed by atoms with Crippen LogP contribution in [0.4, 0.5) is 11.4 Å². The number of rotatable bonds is 6. The molecular formula is C70H53NS. The zero-order valence-electron chi connectivity index (χ0n) is 40.6. The zero-order chi connectivity index (χ0) is 48.0. The summed E-state index contributed by atoms with van der Waals surface area (Å²) >= 11 is 1.91. The van der Waals surface area contributed by atoms with E-state index in [0.29, 0.717) is 0 Å². The van der Waals surface area contributed by atoms with E-state index >= 15 is 0 Å². The second kappa shape index (κ2) is 16.8. The smallest absolute Gasteiger partial charge is 0.0722 e. The highest BCUT2D eigenvalue weighted by molar-refractivity contribution is 7.26. The first-order valence-electron chi connectivity index (χ1n) is 25.9. The highest BCUT2D eigenvalue weighted by Crippen LogP contribution is 2.65. The van der Waals surface area contributed by atoms with Gasteiger partial charge in [0.2, 0.25) is 0 Å². The van der Waals surface area contributed by atoms with E-state index in [4.69, 9.17) is 0 Å². The minimum Gasteiger partial charge on any atom is -0.334 e. The third kappa shape index (κ3) is 5.88. The van der Waals surface area contributed by atoms with Crippen LogP contribution >= 0.6 is 11.3 Å². The number of allylic oxidation sites excluding steroid dienone is 6. The summed E-state index contributed by atoms with van der Waals surface area (Å²) in [5.74, 6) is 0. The summed E-state index contributed by atoms with van der Waals surface area (Å²) in [7, 11) is 0. The quantitative estimate of drug-likeness (QED) is 0.161. The summed E-state index contributed by atoms with van der Waals surface area (Å²) in [5, 5.41) is 2.67. The lowest BCUT2D eigenvalue weighted by Gasteiger charge is -2.37. The van der Waals surface area contributed by atoms with E-state index in [1.807, 2.05) is 25.2 Å². The van der Waals surface area contributed by atoms with Crippen molar-refractivity contribution >= 4 is 54.0 Å². The van der Waals surface area contributed by atoms with Crippen LogP contribution in [0, 0.1) is 0 Å². The molecule has 1 aromatic heterocycles. The van der Waals surface area contributed by atoms with E-state index in [-0.39, 0.29) is 6.04 Å². The molecule has 0 radical (unpaired) electrons. The lowest BCUT2D eigenvalue weighted by molar-refractivity contribution is 0.762. The molecule has 9 aromatic carbocycles. The molecule has 0 fully saturated rings. The molecule has 1 nitrogen and oxygen atoms in total. The summed E-state index contributed by atoms with van der Waals surface area (Å²) in [6.45, 7) is 4.00. The van der Waals surface area contributed by atoms with E-state index < -0.39 is 10.8 Å². The first kappa shape index (κ1) is 42.8. The monoisotopic (exact) mass is 939 g/mol. The van der Waals surface area contributed by atoms with Crippen LogP contribution in [0.2, 0.25) is 0 Å². The van der Waals surface area contributed by atoms with Gasteiger partial charge in [-0.2, -0.15) is 0 Å². The maximum absolute atomic E-state index is 2.70. The number of nitrogens with zero attached hydrogens (tertiary/aromatic N) is 1. The third-order valence-corrected chi connectivity index (χ3v) is 17.6. The van der Waals surface area contributed by atoms with Gasteiger partial charge in [-0.15, -0.1) is 11.3 Å². The molecule has 15 rings (SSSR count). The molecule has 0 N–H and O–H groups in total. The van der Waals surface area contributed by atoms with E-state index in [1.165, 1.54) is 121 Å². The Labute approximate surface area is 427 Å². The molecule has 10 aromatic rings. The highest BCUT2D eigenvalue weighted by atomic mass is 32.1. The second-order valence-electron chi connectivity index (χ2n) is 19.6. The maximum atomic E-state index is 2.70. The van der Waals surface area contributed by atoms with Crippen molar-refractivity contribution in [2.75, 3.05) is 4.90 Å². The van der Waals surface area contributed by atoms with Crippen LogP contribution in [0.1, 0.15) is 83.2 Å². The van der Waals surface area contributed by atoms with Crippen molar-refractivity contribution in [3.05, 3.63) is 298 Å². The van der Waals surface area contributed by atoms with Gasteiger partial charge in [0.05, 0.1) is 16.9 Å². The standard InChI is InChI=1S/C68H47NS.C2H6/c1-3-19-45(20-4-1)67(46-21-5-2-6-22-46)60-33-15-10-27-56(60)65-61(67)34-18-35-63(65)69(47-39-37-44(38-40-47)49-28-17-29-55-54-26-11-16-36-64(54)70-66(49)55)48-41-42-53-52-25-9-14-32-59(52)68(62(53)43-48)57-30-12-7-23-50(57)51-24-8-13-31-58(51)68;1-2/h1-7,9-23,25-39,41-43,47H,8,24,40H2;1-2H3. The topological polar surface area (TPSA) is 3.24 Å². The SMILES string of the molecule is C1=CC2=C(CC1)c1ccccc1C21c2ccccc2-c2ccc(N(c3cccc4c3-c3ccccc3C4(c3ccccc3)c3ccccc3)C3C=CC(c4cccc5c4sc4ccccc45)=CC3)cc21.CC. The Hall–Kier alpha value is -8.04. The fraction of sp³-hybridized carbons (Fsp3) is 0.114. The molecule has 0 saturated heterocycles. The Kier molecular flexibility index (Phi) is 9.99. The van der Waals surface area contributed by atoms with Crippen LogP contribution in [0.25, 0.3) is 53.6 Å². The van der Waals surface area contributed by atoms with E-state index in [0.717, 1.165) is 19.3 Å². The van der Waals surface area contributed by atoms with Crippen molar-refractivity contribution in [2.45, 2.75) is 50.0 Å². The van der Waals surface area contributed by atoms with Crippen molar-refractivity contribution in [2.24, 2.45) is 0 Å². The Bertz CT molecular complexity index is 3900. The minimum absolute atomic E-state index is 0.0328. The Morgan fingerprint density at radius 2 is 1.08 bits per heavy atom. The molecule has 2 unspecified atom stereocenters. The summed E-state index contributed by atoms with van der Waals surface area (Å²) in [6, 6.07) is 80.5. The predicted molar refractivity (Wildman–Crippen MR) is 306 cm³/mol.